The van der Waals surface area contributed by atoms with Crippen molar-refractivity contribution in [2.75, 3.05) is 0 Å². The topological polar surface area (TPSA) is 54.5 Å². The first-order valence-corrected chi connectivity index (χ1v) is 3.00. The number of aromatic amines is 1. The summed E-state index contributed by atoms with van der Waals surface area (Å²) < 4.78 is 0. The monoisotopic (exact) mass is 134 g/mol. The molecule has 0 saturated carbocycles. The lowest BCUT2D eigenvalue weighted by molar-refractivity contribution is 1.05. The summed E-state index contributed by atoms with van der Waals surface area (Å²) in [7, 11) is 0. The third-order valence-electron chi connectivity index (χ3n) is 1.29. The molecule has 0 aliphatic heterocycles. The zero-order valence-electron chi connectivity index (χ0n) is 5.50. The Morgan fingerprint density at radius 1 is 1.50 bits per heavy atom. The Hall–Kier alpha value is -1.45. The maximum atomic E-state index is 4.08. The zero-order chi connectivity index (χ0) is 6.97. The third kappa shape index (κ3) is 0.655. The van der Waals surface area contributed by atoms with E-state index in [1.165, 1.54) is 0 Å². The molecule has 0 aliphatic carbocycles. The van der Waals surface area contributed by atoms with E-state index in [-0.39, 0.29) is 0 Å². The molecule has 0 bridgehead atoms. The van der Waals surface area contributed by atoms with Crippen molar-refractivity contribution in [2.24, 2.45) is 0 Å². The molecule has 0 atom stereocenters. The van der Waals surface area contributed by atoms with Gasteiger partial charge in [0.1, 0.15) is 5.82 Å². The summed E-state index contributed by atoms with van der Waals surface area (Å²) in [4.78, 5) is 7.13. The predicted molar refractivity (Wildman–Crippen MR) is 36.4 cm³/mol. The van der Waals surface area contributed by atoms with Crippen molar-refractivity contribution in [3.63, 3.8) is 0 Å². The van der Waals surface area contributed by atoms with Crippen LogP contribution >= 0.6 is 0 Å². The Balaban J connectivity index is 2.88. The lowest BCUT2D eigenvalue weighted by Crippen LogP contribution is -1.78. The van der Waals surface area contributed by atoms with Crippen molar-refractivity contribution in [2.45, 2.75) is 6.92 Å². The van der Waals surface area contributed by atoms with Gasteiger partial charge in [0.05, 0.1) is 11.7 Å². The smallest absolute Gasteiger partial charge is 0.199 e. The number of hydrogen-bond donors (Lipinski definition) is 1. The number of hydrogen-bond acceptors (Lipinski definition) is 3. The predicted octanol–water partition coefficient (Wildman–Crippen LogP) is 0.661. The van der Waals surface area contributed by atoms with Crippen molar-refractivity contribution < 1.29 is 0 Å². The number of fused-ring (bicyclic) bond motifs is 1. The van der Waals surface area contributed by atoms with Crippen molar-refractivity contribution in [3.8, 4) is 0 Å². The molecule has 2 heterocycles. The first-order chi connectivity index (χ1) is 4.86. The normalized spacial score (nSPS) is 10.5. The van der Waals surface area contributed by atoms with E-state index in [9.17, 15) is 0 Å². The van der Waals surface area contributed by atoms with Gasteiger partial charge in [-0.3, -0.25) is 0 Å². The standard InChI is InChI=1S/C6H6N4/c1-4-8-5-2-3-7-10-6(5)9-4/h2-3H,1H3,(H,8,9,10). The molecule has 1 N–H and O–H groups in total. The second-order valence-electron chi connectivity index (χ2n) is 2.09. The summed E-state index contributed by atoms with van der Waals surface area (Å²) in [6.07, 6.45) is 1.64. The largest absolute Gasteiger partial charge is 0.341 e. The molecule has 10 heavy (non-hydrogen) atoms. The highest BCUT2D eigenvalue weighted by molar-refractivity contribution is 5.68. The highest BCUT2D eigenvalue weighted by Crippen LogP contribution is 2.03. The first-order valence-electron chi connectivity index (χ1n) is 3.00. The van der Waals surface area contributed by atoms with Crippen LogP contribution in [0.3, 0.4) is 0 Å². The lowest BCUT2D eigenvalue weighted by Gasteiger charge is -1.79. The number of imidazole rings is 1. The van der Waals surface area contributed by atoms with Crippen LogP contribution in [-0.2, 0) is 0 Å². The second kappa shape index (κ2) is 1.76. The minimum Gasteiger partial charge on any atom is -0.341 e. The summed E-state index contributed by atoms with van der Waals surface area (Å²) in [5, 5.41) is 7.50. The molecule has 0 unspecified atom stereocenters. The molecule has 4 heteroatoms. The second-order valence-corrected chi connectivity index (χ2v) is 2.09. The third-order valence-corrected chi connectivity index (χ3v) is 1.29. The van der Waals surface area contributed by atoms with E-state index in [0.29, 0.717) is 5.65 Å². The van der Waals surface area contributed by atoms with Crippen LogP contribution in [0.5, 0.6) is 0 Å². The average molecular weight is 134 g/mol. The van der Waals surface area contributed by atoms with Gasteiger partial charge in [-0.2, -0.15) is 5.10 Å². The maximum Gasteiger partial charge on any atom is 0.199 e. The molecule has 0 saturated heterocycles. The van der Waals surface area contributed by atoms with Gasteiger partial charge < -0.3 is 4.98 Å². The lowest BCUT2D eigenvalue weighted by atomic mass is 10.5. The van der Waals surface area contributed by atoms with Crippen LogP contribution in [0, 0.1) is 6.92 Å². The molecular weight excluding hydrogens is 128 g/mol. The van der Waals surface area contributed by atoms with E-state index >= 15 is 0 Å². The van der Waals surface area contributed by atoms with Gasteiger partial charge in [-0.25, -0.2) is 4.98 Å². The van der Waals surface area contributed by atoms with Crippen molar-refractivity contribution >= 4 is 11.2 Å². The van der Waals surface area contributed by atoms with Crippen LogP contribution < -0.4 is 0 Å². The minimum absolute atomic E-state index is 0.681. The highest BCUT2D eigenvalue weighted by Gasteiger charge is 1.96. The summed E-state index contributed by atoms with van der Waals surface area (Å²) in [6, 6.07) is 1.85. The maximum absolute atomic E-state index is 4.08. The van der Waals surface area contributed by atoms with Crippen LogP contribution in [0.4, 0.5) is 0 Å². The number of nitrogens with one attached hydrogen (secondary N) is 1. The van der Waals surface area contributed by atoms with Crippen LogP contribution in [0.1, 0.15) is 5.82 Å². The number of aryl methyl sites for hydroxylation is 1. The SMILES string of the molecule is Cc1nc2nnccc2[nH]1. The molecule has 4 nitrogen and oxygen atoms in total. The Labute approximate surface area is 57.3 Å². The molecule has 0 fully saturated rings. The summed E-state index contributed by atoms with van der Waals surface area (Å²) >= 11 is 0. The fourth-order valence-corrected chi connectivity index (χ4v) is 0.886. The van der Waals surface area contributed by atoms with Crippen LogP contribution in [0.25, 0.3) is 11.2 Å². The number of nitrogens with zero attached hydrogens (tertiary/aromatic N) is 3. The molecule has 0 radical (unpaired) electrons. The van der Waals surface area contributed by atoms with Crippen molar-refractivity contribution in [1.82, 2.24) is 20.2 Å². The van der Waals surface area contributed by atoms with Gasteiger partial charge in [0.25, 0.3) is 0 Å². The summed E-state index contributed by atoms with van der Waals surface area (Å²) in [6.45, 7) is 1.89. The molecule has 0 aliphatic rings. The molecule has 0 spiro atoms. The van der Waals surface area contributed by atoms with Gasteiger partial charge >= 0.3 is 0 Å². The number of H-pyrrole nitrogens is 1. The Morgan fingerprint density at radius 3 is 3.20 bits per heavy atom. The first kappa shape index (κ1) is 5.34. The van der Waals surface area contributed by atoms with Gasteiger partial charge in [0.2, 0.25) is 0 Å². The fraction of sp³-hybridized carbons (Fsp3) is 0.167. The highest BCUT2D eigenvalue weighted by atomic mass is 15.1. The van der Waals surface area contributed by atoms with E-state index in [2.05, 4.69) is 20.2 Å². The van der Waals surface area contributed by atoms with Gasteiger partial charge in [-0.1, -0.05) is 0 Å². The Bertz CT molecular complexity index is 318. The molecular formula is C6H6N4. The van der Waals surface area contributed by atoms with E-state index < -0.39 is 0 Å². The van der Waals surface area contributed by atoms with E-state index in [1.54, 1.807) is 6.20 Å². The quantitative estimate of drug-likeness (QED) is 0.575. The average Bonchev–Trinajstić information content (AvgIpc) is 2.27. The van der Waals surface area contributed by atoms with Gasteiger partial charge in [0, 0.05) is 0 Å². The molecule has 2 aromatic heterocycles. The van der Waals surface area contributed by atoms with Crippen LogP contribution in [0.15, 0.2) is 12.3 Å². The van der Waals surface area contributed by atoms with Gasteiger partial charge in [-0.15, -0.1) is 5.10 Å². The van der Waals surface area contributed by atoms with Crippen molar-refractivity contribution in [3.05, 3.63) is 18.1 Å². The minimum atomic E-state index is 0.681. The van der Waals surface area contributed by atoms with E-state index in [1.807, 2.05) is 13.0 Å². The van der Waals surface area contributed by atoms with Gasteiger partial charge in [0.15, 0.2) is 5.65 Å². The Morgan fingerprint density at radius 2 is 2.40 bits per heavy atom. The van der Waals surface area contributed by atoms with E-state index in [4.69, 9.17) is 0 Å². The Kier molecular flexibility index (Phi) is 0.943. The molecule has 50 valence electrons. The zero-order valence-corrected chi connectivity index (χ0v) is 5.50. The summed E-state index contributed by atoms with van der Waals surface area (Å²) in [5.74, 6) is 0.871. The van der Waals surface area contributed by atoms with Crippen LogP contribution in [0.2, 0.25) is 0 Å². The van der Waals surface area contributed by atoms with Gasteiger partial charge in [-0.05, 0) is 13.0 Å². The number of aromatic nitrogens is 4. The van der Waals surface area contributed by atoms with E-state index in [0.717, 1.165) is 11.3 Å². The fourth-order valence-electron chi connectivity index (χ4n) is 0.886. The van der Waals surface area contributed by atoms with Crippen molar-refractivity contribution in [1.29, 1.82) is 0 Å². The number of rotatable bonds is 0. The van der Waals surface area contributed by atoms with Crippen LogP contribution in [-0.4, -0.2) is 20.2 Å². The summed E-state index contributed by atoms with van der Waals surface area (Å²) in [5.41, 5.74) is 1.62. The molecule has 0 aromatic carbocycles. The molecule has 2 rings (SSSR count). The molecule has 0 amide bonds. The molecule has 2 aromatic rings.